The zero-order chi connectivity index (χ0) is 22.0. The summed E-state index contributed by atoms with van der Waals surface area (Å²) in [5.41, 5.74) is 1.75. The Labute approximate surface area is 184 Å². The third-order valence-corrected chi connectivity index (χ3v) is 7.92. The molecule has 166 valence electrons. The summed E-state index contributed by atoms with van der Waals surface area (Å²) in [6.07, 6.45) is 1.53. The van der Waals surface area contributed by atoms with E-state index < -0.39 is 16.2 Å². The van der Waals surface area contributed by atoms with E-state index >= 15 is 0 Å². The molecule has 0 bridgehead atoms. The Kier molecular flexibility index (Phi) is 6.31. The van der Waals surface area contributed by atoms with Crippen molar-refractivity contribution in [3.8, 4) is 5.75 Å². The molecule has 1 atom stereocenters. The fourth-order valence-electron chi connectivity index (χ4n) is 4.31. The molecule has 0 aliphatic carbocycles. The zero-order valence-corrected chi connectivity index (χ0v) is 18.8. The van der Waals surface area contributed by atoms with Crippen molar-refractivity contribution in [2.75, 3.05) is 39.8 Å². The lowest BCUT2D eigenvalue weighted by Crippen LogP contribution is -2.42. The van der Waals surface area contributed by atoms with E-state index in [1.54, 1.807) is 48.4 Å². The summed E-state index contributed by atoms with van der Waals surface area (Å²) in [6, 6.07) is 14.1. The molecule has 2 fully saturated rings. The third kappa shape index (κ3) is 4.46. The number of amides is 1. The Hall–Kier alpha value is -2.42. The van der Waals surface area contributed by atoms with Crippen LogP contribution < -0.4 is 4.74 Å². The Morgan fingerprint density at radius 3 is 2.23 bits per heavy atom. The van der Waals surface area contributed by atoms with Crippen molar-refractivity contribution >= 4 is 15.9 Å². The molecule has 4 rings (SSSR count). The SMILES string of the molecule is COc1ccc([C@H]2N(C(=O)CN3CCCC3)CCN2S(=O)(=O)c2ccc(C)cc2)cc1. The van der Waals surface area contributed by atoms with E-state index in [9.17, 15) is 13.2 Å². The lowest BCUT2D eigenvalue weighted by atomic mass is 10.1. The lowest BCUT2D eigenvalue weighted by Gasteiger charge is -2.31. The molecule has 0 unspecified atom stereocenters. The third-order valence-electron chi connectivity index (χ3n) is 6.05. The van der Waals surface area contributed by atoms with Crippen LogP contribution in [0.3, 0.4) is 0 Å². The van der Waals surface area contributed by atoms with Gasteiger partial charge in [-0.2, -0.15) is 4.31 Å². The van der Waals surface area contributed by atoms with E-state index in [0.717, 1.165) is 37.1 Å². The van der Waals surface area contributed by atoms with Crippen molar-refractivity contribution in [2.45, 2.75) is 30.8 Å². The molecule has 8 heteroatoms. The van der Waals surface area contributed by atoms with E-state index in [-0.39, 0.29) is 17.3 Å². The van der Waals surface area contributed by atoms with Crippen LogP contribution in [0.2, 0.25) is 0 Å². The minimum absolute atomic E-state index is 0.0377. The number of ether oxygens (including phenoxy) is 1. The highest BCUT2D eigenvalue weighted by Crippen LogP contribution is 2.36. The second kappa shape index (κ2) is 8.98. The molecule has 2 aromatic rings. The molecule has 2 aromatic carbocycles. The Morgan fingerprint density at radius 2 is 1.61 bits per heavy atom. The van der Waals surface area contributed by atoms with Crippen LogP contribution in [0, 0.1) is 6.92 Å². The summed E-state index contributed by atoms with van der Waals surface area (Å²) in [7, 11) is -2.18. The van der Waals surface area contributed by atoms with Crippen molar-refractivity contribution in [2.24, 2.45) is 0 Å². The molecule has 0 spiro atoms. The van der Waals surface area contributed by atoms with E-state index in [0.29, 0.717) is 18.8 Å². The highest BCUT2D eigenvalue weighted by atomic mass is 32.2. The molecule has 1 amide bonds. The number of sulfonamides is 1. The first-order valence-corrected chi connectivity index (χ1v) is 12.1. The monoisotopic (exact) mass is 443 g/mol. The summed E-state index contributed by atoms with van der Waals surface area (Å²) in [5.74, 6) is 0.647. The number of hydrogen-bond donors (Lipinski definition) is 0. The minimum Gasteiger partial charge on any atom is -0.497 e. The van der Waals surface area contributed by atoms with Crippen LogP contribution >= 0.6 is 0 Å². The van der Waals surface area contributed by atoms with Gasteiger partial charge < -0.3 is 9.64 Å². The Bertz CT molecular complexity index is 1020. The maximum atomic E-state index is 13.5. The second-order valence-electron chi connectivity index (χ2n) is 8.15. The maximum Gasteiger partial charge on any atom is 0.245 e. The summed E-state index contributed by atoms with van der Waals surface area (Å²) in [4.78, 5) is 17.3. The number of nitrogens with zero attached hydrogens (tertiary/aromatic N) is 3. The van der Waals surface area contributed by atoms with Crippen LogP contribution in [-0.4, -0.2) is 68.3 Å². The van der Waals surface area contributed by atoms with Crippen molar-refractivity contribution in [3.05, 3.63) is 59.7 Å². The number of methoxy groups -OCH3 is 1. The van der Waals surface area contributed by atoms with Gasteiger partial charge in [0.05, 0.1) is 18.6 Å². The predicted octanol–water partition coefficient (Wildman–Crippen LogP) is 2.63. The van der Waals surface area contributed by atoms with Crippen molar-refractivity contribution in [3.63, 3.8) is 0 Å². The van der Waals surface area contributed by atoms with Crippen LogP contribution in [-0.2, 0) is 14.8 Å². The van der Waals surface area contributed by atoms with E-state index in [1.165, 1.54) is 4.31 Å². The number of hydrogen-bond acceptors (Lipinski definition) is 5. The number of carbonyl (C=O) groups excluding carboxylic acids is 1. The van der Waals surface area contributed by atoms with Gasteiger partial charge in [0.2, 0.25) is 15.9 Å². The lowest BCUT2D eigenvalue weighted by molar-refractivity contribution is -0.134. The first kappa shape index (κ1) is 21.8. The fourth-order valence-corrected chi connectivity index (χ4v) is 5.88. The van der Waals surface area contributed by atoms with Crippen molar-refractivity contribution in [1.29, 1.82) is 0 Å². The molecule has 7 nitrogen and oxygen atoms in total. The van der Waals surface area contributed by atoms with Crippen LogP contribution in [0.15, 0.2) is 53.4 Å². The van der Waals surface area contributed by atoms with Gasteiger partial charge in [0.15, 0.2) is 0 Å². The van der Waals surface area contributed by atoms with Gasteiger partial charge in [0.1, 0.15) is 11.9 Å². The van der Waals surface area contributed by atoms with Gasteiger partial charge in [0, 0.05) is 13.1 Å². The van der Waals surface area contributed by atoms with Crippen LogP contribution in [0.1, 0.15) is 30.1 Å². The molecule has 0 radical (unpaired) electrons. The van der Waals surface area contributed by atoms with Crippen LogP contribution in [0.25, 0.3) is 0 Å². The van der Waals surface area contributed by atoms with Gasteiger partial charge in [-0.05, 0) is 62.7 Å². The zero-order valence-electron chi connectivity index (χ0n) is 18.0. The normalized spacial score (nSPS) is 20.3. The standard InChI is InChI=1S/C23H29N3O4S/c1-18-5-11-21(12-6-18)31(28,29)26-16-15-25(22(27)17-24-13-3-4-14-24)23(26)19-7-9-20(30-2)10-8-19/h5-12,23H,3-4,13-17H2,1-2H3/t23-/m0/s1. The molecule has 0 aromatic heterocycles. The molecule has 2 aliphatic heterocycles. The van der Waals surface area contributed by atoms with Gasteiger partial charge in [-0.3, -0.25) is 9.69 Å². The predicted molar refractivity (Wildman–Crippen MR) is 118 cm³/mol. The van der Waals surface area contributed by atoms with Crippen molar-refractivity contribution < 1.29 is 17.9 Å². The Morgan fingerprint density at radius 1 is 0.968 bits per heavy atom. The minimum atomic E-state index is -3.77. The summed E-state index contributed by atoms with van der Waals surface area (Å²) >= 11 is 0. The van der Waals surface area contributed by atoms with Crippen LogP contribution in [0.4, 0.5) is 0 Å². The molecule has 31 heavy (non-hydrogen) atoms. The highest BCUT2D eigenvalue weighted by Gasteiger charge is 2.43. The first-order chi connectivity index (χ1) is 14.9. The van der Waals surface area contributed by atoms with Gasteiger partial charge in [-0.1, -0.05) is 29.8 Å². The molecular weight excluding hydrogens is 414 g/mol. The number of likely N-dealkylation sites (tertiary alicyclic amines) is 1. The van der Waals surface area contributed by atoms with E-state index in [1.807, 2.05) is 19.1 Å². The van der Waals surface area contributed by atoms with E-state index in [4.69, 9.17) is 4.74 Å². The average Bonchev–Trinajstić information content (AvgIpc) is 3.44. The summed E-state index contributed by atoms with van der Waals surface area (Å²) in [6.45, 7) is 4.71. The van der Waals surface area contributed by atoms with Gasteiger partial charge >= 0.3 is 0 Å². The molecule has 2 aliphatic rings. The highest BCUT2D eigenvalue weighted by molar-refractivity contribution is 7.89. The molecule has 2 heterocycles. The average molecular weight is 444 g/mol. The van der Waals surface area contributed by atoms with Gasteiger partial charge in [-0.15, -0.1) is 0 Å². The fraction of sp³-hybridized carbons (Fsp3) is 0.435. The second-order valence-corrected chi connectivity index (χ2v) is 10.0. The number of aryl methyl sites for hydroxylation is 1. The summed E-state index contributed by atoms with van der Waals surface area (Å²) < 4.78 is 33.7. The topological polar surface area (TPSA) is 70.2 Å². The molecular formula is C23H29N3O4S. The number of rotatable bonds is 6. The largest absolute Gasteiger partial charge is 0.497 e. The molecule has 0 saturated carbocycles. The van der Waals surface area contributed by atoms with Crippen LogP contribution in [0.5, 0.6) is 5.75 Å². The first-order valence-electron chi connectivity index (χ1n) is 10.6. The number of benzene rings is 2. The summed E-state index contributed by atoms with van der Waals surface area (Å²) in [5, 5.41) is 0. The molecule has 2 saturated heterocycles. The smallest absolute Gasteiger partial charge is 0.245 e. The Balaban J connectivity index is 1.67. The number of carbonyl (C=O) groups is 1. The quantitative estimate of drug-likeness (QED) is 0.687. The van der Waals surface area contributed by atoms with E-state index in [2.05, 4.69) is 4.90 Å². The van der Waals surface area contributed by atoms with Crippen molar-refractivity contribution in [1.82, 2.24) is 14.1 Å². The van der Waals surface area contributed by atoms with Gasteiger partial charge in [-0.25, -0.2) is 8.42 Å². The molecule has 0 N–H and O–H groups in total. The maximum absolute atomic E-state index is 13.5. The van der Waals surface area contributed by atoms with Gasteiger partial charge in [0.25, 0.3) is 0 Å².